The Morgan fingerprint density at radius 1 is 0.515 bits per heavy atom. The zero-order valence-electron chi connectivity index (χ0n) is 20.2. The molecule has 4 aromatic carbocycles. The first-order valence-electron chi connectivity index (χ1n) is 11.4. The van der Waals surface area contributed by atoms with Crippen molar-refractivity contribution in [3.63, 3.8) is 0 Å². The lowest BCUT2D eigenvalue weighted by molar-refractivity contribution is 1.34. The summed E-state index contributed by atoms with van der Waals surface area (Å²) in [6, 6.07) is 24.7. The number of hydrogen-bond acceptors (Lipinski definition) is 0. The minimum atomic E-state index is 0.141. The normalized spacial score (nSPS) is 11.0. The average Bonchev–Trinajstić information content (AvgIpc) is 2.72. The number of rotatable bonds is 4. The summed E-state index contributed by atoms with van der Waals surface area (Å²) < 4.78 is 2.20. The van der Waals surface area contributed by atoms with E-state index in [9.17, 15) is 0 Å². The van der Waals surface area contributed by atoms with E-state index in [1.165, 1.54) is 60.9 Å². The molecule has 3 heteroatoms. The highest BCUT2D eigenvalue weighted by Gasteiger charge is 2.30. The first-order valence-corrected chi connectivity index (χ1v) is 12.9. The fraction of sp³-hybridized carbons (Fsp3) is 0.200. The van der Waals surface area contributed by atoms with Crippen LogP contribution in [0.2, 0.25) is 0 Å². The van der Waals surface area contributed by atoms with Gasteiger partial charge in [0.05, 0.1) is 0 Å². The second-order valence-corrected chi connectivity index (χ2v) is 11.1. The third kappa shape index (κ3) is 4.90. The topological polar surface area (TPSA) is 0 Å². The van der Waals surface area contributed by atoms with Crippen molar-refractivity contribution in [3.8, 4) is 11.1 Å². The van der Waals surface area contributed by atoms with Crippen LogP contribution < -0.4 is 16.4 Å². The van der Waals surface area contributed by atoms with Crippen LogP contribution in [0.1, 0.15) is 33.4 Å². The van der Waals surface area contributed by atoms with Gasteiger partial charge in [-0.05, 0) is 70.9 Å². The molecule has 0 saturated carbocycles. The van der Waals surface area contributed by atoms with E-state index in [0.29, 0.717) is 0 Å². The monoisotopic (exact) mass is 558 g/mol. The molecule has 0 bridgehead atoms. The van der Waals surface area contributed by atoms with Crippen LogP contribution in [0.15, 0.2) is 75.7 Å². The standard InChI is InChI=1S/C30H29BBr2/c1-18-13-20(3)29(21(4)14-18)31(30-22(5)15-19(2)16-23(30)6)28-17-26(33)11-12-27(28)24-7-9-25(32)10-8-24/h7-17H,1-6H3. The molecule has 0 unspecified atom stereocenters. The zero-order chi connectivity index (χ0) is 23.9. The van der Waals surface area contributed by atoms with Crippen LogP contribution in [0.4, 0.5) is 0 Å². The smallest absolute Gasteiger partial charge is 0.0629 e. The summed E-state index contributed by atoms with van der Waals surface area (Å²) >= 11 is 7.38. The minimum Gasteiger partial charge on any atom is -0.0629 e. The Kier molecular flexibility index (Phi) is 7.02. The van der Waals surface area contributed by atoms with E-state index >= 15 is 0 Å². The van der Waals surface area contributed by atoms with Crippen LogP contribution in [-0.4, -0.2) is 6.71 Å². The first-order chi connectivity index (χ1) is 15.7. The molecule has 0 amide bonds. The molecular formula is C30H29BBr2. The van der Waals surface area contributed by atoms with Crippen molar-refractivity contribution in [3.05, 3.63) is 109 Å². The highest BCUT2D eigenvalue weighted by molar-refractivity contribution is 9.10. The zero-order valence-corrected chi connectivity index (χ0v) is 23.4. The average molecular weight is 560 g/mol. The van der Waals surface area contributed by atoms with Gasteiger partial charge in [-0.1, -0.05) is 130 Å². The third-order valence-corrected chi connectivity index (χ3v) is 7.56. The van der Waals surface area contributed by atoms with E-state index in [4.69, 9.17) is 0 Å². The van der Waals surface area contributed by atoms with Crippen LogP contribution in [-0.2, 0) is 0 Å². The lowest BCUT2D eigenvalue weighted by atomic mass is 9.33. The predicted molar refractivity (Wildman–Crippen MR) is 153 cm³/mol. The number of aryl methyl sites for hydroxylation is 6. The van der Waals surface area contributed by atoms with E-state index < -0.39 is 0 Å². The lowest BCUT2D eigenvalue weighted by Crippen LogP contribution is -2.56. The van der Waals surface area contributed by atoms with Gasteiger partial charge in [-0.25, -0.2) is 0 Å². The summed E-state index contributed by atoms with van der Waals surface area (Å²) in [7, 11) is 0. The van der Waals surface area contributed by atoms with E-state index in [1.807, 2.05) is 0 Å². The summed E-state index contributed by atoms with van der Waals surface area (Å²) in [5.41, 5.74) is 14.7. The molecule has 0 aliphatic carbocycles. The maximum atomic E-state index is 3.78. The van der Waals surface area contributed by atoms with Crippen molar-refractivity contribution < 1.29 is 0 Å². The molecule has 0 aliphatic rings. The molecule has 0 atom stereocenters. The van der Waals surface area contributed by atoms with Gasteiger partial charge in [0.25, 0.3) is 0 Å². The molecule has 0 fully saturated rings. The maximum absolute atomic E-state index is 3.78. The molecule has 0 radical (unpaired) electrons. The molecule has 0 aromatic heterocycles. The fourth-order valence-electron chi connectivity index (χ4n) is 5.41. The summed E-state index contributed by atoms with van der Waals surface area (Å²) in [6.45, 7) is 13.6. The van der Waals surface area contributed by atoms with Gasteiger partial charge in [0, 0.05) is 8.95 Å². The lowest BCUT2D eigenvalue weighted by Gasteiger charge is -2.26. The molecule has 0 aliphatic heterocycles. The molecule has 4 rings (SSSR count). The molecule has 0 nitrogen and oxygen atoms in total. The Morgan fingerprint density at radius 3 is 1.39 bits per heavy atom. The van der Waals surface area contributed by atoms with Crippen LogP contribution in [0.3, 0.4) is 0 Å². The van der Waals surface area contributed by atoms with Gasteiger partial charge < -0.3 is 0 Å². The molecule has 4 aromatic rings. The van der Waals surface area contributed by atoms with Gasteiger partial charge >= 0.3 is 0 Å². The van der Waals surface area contributed by atoms with E-state index in [-0.39, 0.29) is 6.71 Å². The van der Waals surface area contributed by atoms with E-state index in [1.54, 1.807) is 0 Å². The summed E-state index contributed by atoms with van der Waals surface area (Å²) in [4.78, 5) is 0. The summed E-state index contributed by atoms with van der Waals surface area (Å²) in [5, 5.41) is 0. The molecule has 0 heterocycles. The van der Waals surface area contributed by atoms with Crippen molar-refractivity contribution in [2.24, 2.45) is 0 Å². The minimum absolute atomic E-state index is 0.141. The predicted octanol–water partition coefficient (Wildman–Crippen LogP) is 7.25. The molecule has 0 spiro atoms. The Hall–Kier alpha value is -2.10. The molecule has 33 heavy (non-hydrogen) atoms. The number of hydrogen-bond donors (Lipinski definition) is 0. The highest BCUT2D eigenvalue weighted by atomic mass is 79.9. The maximum Gasteiger partial charge on any atom is 0.243 e. The third-order valence-electron chi connectivity index (χ3n) is 6.53. The number of benzene rings is 4. The van der Waals surface area contributed by atoms with Gasteiger partial charge in [0.2, 0.25) is 6.71 Å². The van der Waals surface area contributed by atoms with Crippen molar-refractivity contribution in [1.82, 2.24) is 0 Å². The molecule has 0 N–H and O–H groups in total. The largest absolute Gasteiger partial charge is 0.243 e. The van der Waals surface area contributed by atoms with Crippen LogP contribution >= 0.6 is 31.9 Å². The Balaban J connectivity index is 2.10. The summed E-state index contributed by atoms with van der Waals surface area (Å²) in [6.07, 6.45) is 0. The quantitative estimate of drug-likeness (QED) is 0.231. The fourth-order valence-corrected chi connectivity index (χ4v) is 6.06. The molecule has 0 saturated heterocycles. The molecule has 166 valence electrons. The van der Waals surface area contributed by atoms with Crippen molar-refractivity contribution in [2.75, 3.05) is 0 Å². The number of halogens is 2. The van der Waals surface area contributed by atoms with Gasteiger partial charge in [-0.15, -0.1) is 0 Å². The van der Waals surface area contributed by atoms with E-state index in [2.05, 4.69) is 140 Å². The Labute approximate surface area is 215 Å². The van der Waals surface area contributed by atoms with Gasteiger partial charge in [-0.2, -0.15) is 0 Å². The van der Waals surface area contributed by atoms with Gasteiger partial charge in [-0.3, -0.25) is 0 Å². The summed E-state index contributed by atoms with van der Waals surface area (Å²) in [5.74, 6) is 0. The first kappa shape index (κ1) is 24.0. The van der Waals surface area contributed by atoms with Crippen LogP contribution in [0.5, 0.6) is 0 Å². The van der Waals surface area contributed by atoms with Gasteiger partial charge in [0.1, 0.15) is 0 Å². The van der Waals surface area contributed by atoms with E-state index in [0.717, 1.165) is 8.95 Å². The van der Waals surface area contributed by atoms with Crippen molar-refractivity contribution in [1.29, 1.82) is 0 Å². The Morgan fingerprint density at radius 2 is 0.939 bits per heavy atom. The molecular weight excluding hydrogens is 531 g/mol. The van der Waals surface area contributed by atoms with Crippen LogP contribution in [0.25, 0.3) is 11.1 Å². The second kappa shape index (κ2) is 9.64. The van der Waals surface area contributed by atoms with Gasteiger partial charge in [0.15, 0.2) is 0 Å². The van der Waals surface area contributed by atoms with Crippen LogP contribution in [0, 0.1) is 41.5 Å². The second-order valence-electron chi connectivity index (χ2n) is 9.30. The van der Waals surface area contributed by atoms with Crippen molar-refractivity contribution >= 4 is 55.0 Å². The van der Waals surface area contributed by atoms with Crippen molar-refractivity contribution in [2.45, 2.75) is 41.5 Å². The highest BCUT2D eigenvalue weighted by Crippen LogP contribution is 2.24. The Bertz CT molecular complexity index is 1230. The SMILES string of the molecule is Cc1cc(C)c(B(c2cc(Br)ccc2-c2ccc(Br)cc2)c2c(C)cc(C)cc2C)c(C)c1.